The van der Waals surface area contributed by atoms with E-state index in [0.29, 0.717) is 38.0 Å². The zero-order valence-electron chi connectivity index (χ0n) is 16.6. The maximum absolute atomic E-state index is 12.6. The minimum atomic E-state index is -0.0343. The standard InChI is InChI=1S/C22H29N3O3/c1-24(2)20(14-17-6-4-3-5-7-17)15-23-21(26)18-8-11-25(12-9-18)22(27)19-10-13-28-16-19/h3-7,10,13,16,18,20H,8-9,11-12,14-15H2,1-2H3,(H,23,26). The fourth-order valence-corrected chi connectivity index (χ4v) is 3.60. The fourth-order valence-electron chi connectivity index (χ4n) is 3.60. The molecule has 1 atom stereocenters. The van der Waals surface area contributed by atoms with Gasteiger partial charge in [-0.3, -0.25) is 9.59 Å². The molecule has 1 aromatic carbocycles. The third-order valence-corrected chi connectivity index (χ3v) is 5.48. The normalized spacial score (nSPS) is 16.2. The summed E-state index contributed by atoms with van der Waals surface area (Å²) in [4.78, 5) is 28.9. The molecule has 1 aromatic heterocycles. The van der Waals surface area contributed by atoms with Crippen molar-refractivity contribution in [3.8, 4) is 0 Å². The summed E-state index contributed by atoms with van der Waals surface area (Å²) in [5.74, 6) is 0.0337. The highest BCUT2D eigenvalue weighted by Crippen LogP contribution is 2.19. The van der Waals surface area contributed by atoms with Crippen molar-refractivity contribution in [2.24, 2.45) is 5.92 Å². The number of carbonyl (C=O) groups is 2. The number of amides is 2. The highest BCUT2D eigenvalue weighted by molar-refractivity contribution is 5.94. The maximum Gasteiger partial charge on any atom is 0.257 e. The molecule has 1 unspecified atom stereocenters. The van der Waals surface area contributed by atoms with Gasteiger partial charge in [0.05, 0.1) is 11.8 Å². The SMILES string of the molecule is CN(C)C(CNC(=O)C1CCN(C(=O)c2ccoc2)CC1)Cc1ccccc1. The van der Waals surface area contributed by atoms with Crippen molar-refractivity contribution in [3.05, 3.63) is 60.1 Å². The monoisotopic (exact) mass is 383 g/mol. The van der Waals surface area contributed by atoms with Gasteiger partial charge in [0.15, 0.2) is 0 Å². The summed E-state index contributed by atoms with van der Waals surface area (Å²) in [5.41, 5.74) is 1.83. The van der Waals surface area contributed by atoms with Gasteiger partial charge in [-0.2, -0.15) is 0 Å². The zero-order chi connectivity index (χ0) is 19.9. The second-order valence-electron chi connectivity index (χ2n) is 7.63. The van der Waals surface area contributed by atoms with Crippen LogP contribution in [-0.4, -0.2) is 61.4 Å². The largest absolute Gasteiger partial charge is 0.472 e. The molecule has 28 heavy (non-hydrogen) atoms. The summed E-state index contributed by atoms with van der Waals surface area (Å²) in [7, 11) is 4.08. The summed E-state index contributed by atoms with van der Waals surface area (Å²) >= 11 is 0. The fraction of sp³-hybridized carbons (Fsp3) is 0.455. The third-order valence-electron chi connectivity index (χ3n) is 5.48. The van der Waals surface area contributed by atoms with Gasteiger partial charge >= 0.3 is 0 Å². The Morgan fingerprint density at radius 1 is 1.18 bits per heavy atom. The number of rotatable bonds is 7. The second kappa shape index (κ2) is 9.55. The van der Waals surface area contributed by atoms with Gasteiger partial charge < -0.3 is 19.5 Å². The van der Waals surface area contributed by atoms with E-state index >= 15 is 0 Å². The molecule has 2 aromatic rings. The molecule has 6 nitrogen and oxygen atoms in total. The van der Waals surface area contributed by atoms with E-state index in [1.165, 1.54) is 18.1 Å². The number of likely N-dealkylation sites (tertiary alicyclic amines) is 1. The van der Waals surface area contributed by atoms with Gasteiger partial charge in [0, 0.05) is 31.6 Å². The average molecular weight is 383 g/mol. The summed E-state index contributed by atoms with van der Waals surface area (Å²) < 4.78 is 4.99. The molecule has 2 amide bonds. The van der Waals surface area contributed by atoms with E-state index in [2.05, 4.69) is 22.3 Å². The van der Waals surface area contributed by atoms with Crippen molar-refractivity contribution in [2.75, 3.05) is 33.7 Å². The van der Waals surface area contributed by atoms with E-state index in [1.807, 2.05) is 32.3 Å². The summed E-state index contributed by atoms with van der Waals surface area (Å²) in [6.45, 7) is 1.82. The van der Waals surface area contributed by atoms with Crippen LogP contribution in [0.3, 0.4) is 0 Å². The average Bonchev–Trinajstić information content (AvgIpc) is 3.26. The summed E-state index contributed by atoms with van der Waals surface area (Å²) in [6.07, 6.45) is 5.26. The molecule has 3 rings (SSSR count). The van der Waals surface area contributed by atoms with Crippen LogP contribution in [0.15, 0.2) is 53.3 Å². The summed E-state index contributed by atoms with van der Waals surface area (Å²) in [5, 5.41) is 3.13. The maximum atomic E-state index is 12.6. The minimum Gasteiger partial charge on any atom is -0.472 e. The topological polar surface area (TPSA) is 65.8 Å². The number of nitrogens with one attached hydrogen (secondary N) is 1. The molecule has 0 spiro atoms. The molecule has 1 N–H and O–H groups in total. The lowest BCUT2D eigenvalue weighted by Crippen LogP contribution is -2.46. The van der Waals surface area contributed by atoms with Gasteiger partial charge in [-0.25, -0.2) is 0 Å². The molecular formula is C22H29N3O3. The lowest BCUT2D eigenvalue weighted by atomic mass is 9.95. The lowest BCUT2D eigenvalue weighted by molar-refractivity contribution is -0.126. The van der Waals surface area contributed by atoms with E-state index in [0.717, 1.165) is 6.42 Å². The highest BCUT2D eigenvalue weighted by atomic mass is 16.3. The van der Waals surface area contributed by atoms with Crippen molar-refractivity contribution >= 4 is 11.8 Å². The predicted molar refractivity (Wildman–Crippen MR) is 108 cm³/mol. The zero-order valence-corrected chi connectivity index (χ0v) is 16.6. The molecule has 0 bridgehead atoms. The van der Waals surface area contributed by atoms with Crippen LogP contribution in [0.25, 0.3) is 0 Å². The van der Waals surface area contributed by atoms with Crippen LogP contribution in [-0.2, 0) is 11.2 Å². The first-order valence-electron chi connectivity index (χ1n) is 9.84. The third kappa shape index (κ3) is 5.23. The molecule has 1 fully saturated rings. The molecular weight excluding hydrogens is 354 g/mol. The lowest BCUT2D eigenvalue weighted by Gasteiger charge is -2.32. The van der Waals surface area contributed by atoms with E-state index < -0.39 is 0 Å². The Morgan fingerprint density at radius 3 is 2.50 bits per heavy atom. The van der Waals surface area contributed by atoms with Crippen LogP contribution in [0, 0.1) is 5.92 Å². The van der Waals surface area contributed by atoms with Crippen molar-refractivity contribution < 1.29 is 14.0 Å². The van der Waals surface area contributed by atoms with Gasteiger partial charge in [0.1, 0.15) is 6.26 Å². The molecule has 1 aliphatic heterocycles. The highest BCUT2D eigenvalue weighted by Gasteiger charge is 2.28. The van der Waals surface area contributed by atoms with Crippen molar-refractivity contribution in [1.29, 1.82) is 0 Å². The van der Waals surface area contributed by atoms with Crippen LogP contribution in [0.4, 0.5) is 0 Å². The Kier molecular flexibility index (Phi) is 6.87. The van der Waals surface area contributed by atoms with E-state index in [-0.39, 0.29) is 23.8 Å². The molecule has 0 saturated carbocycles. The number of hydrogen-bond acceptors (Lipinski definition) is 4. The van der Waals surface area contributed by atoms with E-state index in [9.17, 15) is 9.59 Å². The predicted octanol–water partition coefficient (Wildman–Crippen LogP) is 2.42. The number of benzene rings is 1. The smallest absolute Gasteiger partial charge is 0.257 e. The number of piperidine rings is 1. The Balaban J connectivity index is 1.46. The second-order valence-corrected chi connectivity index (χ2v) is 7.63. The number of hydrogen-bond donors (Lipinski definition) is 1. The molecule has 6 heteroatoms. The number of likely N-dealkylation sites (N-methyl/N-ethyl adjacent to an activating group) is 1. The van der Waals surface area contributed by atoms with Crippen LogP contribution >= 0.6 is 0 Å². The summed E-state index contributed by atoms with van der Waals surface area (Å²) in [6, 6.07) is 12.2. The molecule has 0 aliphatic carbocycles. The first-order valence-corrected chi connectivity index (χ1v) is 9.84. The van der Waals surface area contributed by atoms with Crippen LogP contribution in [0.1, 0.15) is 28.8 Å². The van der Waals surface area contributed by atoms with Crippen LogP contribution < -0.4 is 5.32 Å². The Labute approximate surface area is 166 Å². The Bertz CT molecular complexity index is 751. The van der Waals surface area contributed by atoms with Crippen molar-refractivity contribution in [2.45, 2.75) is 25.3 Å². The van der Waals surface area contributed by atoms with Crippen molar-refractivity contribution in [1.82, 2.24) is 15.1 Å². The minimum absolute atomic E-state index is 0.0249. The van der Waals surface area contributed by atoms with Gasteiger partial charge in [0.2, 0.25) is 5.91 Å². The number of furan rings is 1. The van der Waals surface area contributed by atoms with E-state index in [4.69, 9.17) is 4.42 Å². The Hall–Kier alpha value is -2.60. The molecule has 150 valence electrons. The van der Waals surface area contributed by atoms with E-state index in [1.54, 1.807) is 11.0 Å². The first-order chi connectivity index (χ1) is 13.5. The number of carbonyl (C=O) groups excluding carboxylic acids is 2. The Morgan fingerprint density at radius 2 is 1.89 bits per heavy atom. The van der Waals surface area contributed by atoms with Gasteiger partial charge in [-0.15, -0.1) is 0 Å². The van der Waals surface area contributed by atoms with Gasteiger partial charge in [0.25, 0.3) is 5.91 Å². The number of nitrogens with zero attached hydrogens (tertiary/aromatic N) is 2. The molecule has 0 radical (unpaired) electrons. The van der Waals surface area contributed by atoms with Gasteiger partial charge in [-0.1, -0.05) is 30.3 Å². The quantitative estimate of drug-likeness (QED) is 0.797. The van der Waals surface area contributed by atoms with Crippen molar-refractivity contribution in [3.63, 3.8) is 0 Å². The molecule has 2 heterocycles. The van der Waals surface area contributed by atoms with Gasteiger partial charge in [-0.05, 0) is 45.0 Å². The molecule has 1 aliphatic rings. The molecule has 1 saturated heterocycles. The van der Waals surface area contributed by atoms with Crippen LogP contribution in [0.2, 0.25) is 0 Å². The first kappa shape index (κ1) is 20.1. The van der Waals surface area contributed by atoms with Crippen LogP contribution in [0.5, 0.6) is 0 Å².